The van der Waals surface area contributed by atoms with Crippen LogP contribution in [0.3, 0.4) is 0 Å². The lowest BCUT2D eigenvalue weighted by Crippen LogP contribution is -2.47. The zero-order valence-corrected chi connectivity index (χ0v) is 14.6. The van der Waals surface area contributed by atoms with Gasteiger partial charge in [0.2, 0.25) is 5.91 Å². The van der Waals surface area contributed by atoms with Crippen LogP contribution in [-0.4, -0.2) is 55.1 Å². The van der Waals surface area contributed by atoms with Gasteiger partial charge in [-0.05, 0) is 34.9 Å². The zero-order chi connectivity index (χ0) is 15.6. The topological polar surface area (TPSA) is 32.8 Å². The minimum Gasteiger partial charge on any atom is -0.378 e. The van der Waals surface area contributed by atoms with E-state index in [1.165, 1.54) is 15.3 Å². The van der Waals surface area contributed by atoms with E-state index in [0.29, 0.717) is 19.8 Å². The highest BCUT2D eigenvalue weighted by atomic mass is 32.1. The van der Waals surface area contributed by atoms with Gasteiger partial charge in [0.1, 0.15) is 0 Å². The molecule has 1 atom stereocenters. The molecule has 1 fully saturated rings. The van der Waals surface area contributed by atoms with Crippen molar-refractivity contribution >= 4 is 28.6 Å². The second-order valence-corrected chi connectivity index (χ2v) is 7.91. The van der Waals surface area contributed by atoms with Gasteiger partial charge in [-0.2, -0.15) is 0 Å². The Kier molecular flexibility index (Phi) is 4.48. The molecule has 0 unspecified atom stereocenters. The summed E-state index contributed by atoms with van der Waals surface area (Å²) in [4.78, 5) is 19.8. The molecule has 6 heteroatoms. The Morgan fingerprint density at radius 2 is 2.04 bits per heavy atom. The third kappa shape index (κ3) is 3.08. The van der Waals surface area contributed by atoms with Gasteiger partial charge >= 0.3 is 0 Å². The van der Waals surface area contributed by atoms with Crippen molar-refractivity contribution in [2.45, 2.75) is 12.5 Å². The third-order valence-electron chi connectivity index (χ3n) is 4.58. The van der Waals surface area contributed by atoms with Gasteiger partial charge in [-0.1, -0.05) is 6.07 Å². The normalized spacial score (nSPS) is 22.1. The number of rotatable bonds is 3. The summed E-state index contributed by atoms with van der Waals surface area (Å²) in [7, 11) is 0. The molecule has 0 spiro atoms. The summed E-state index contributed by atoms with van der Waals surface area (Å²) in [5, 5.41) is 4.30. The van der Waals surface area contributed by atoms with E-state index in [1.54, 1.807) is 11.3 Å². The lowest BCUT2D eigenvalue weighted by molar-refractivity contribution is -0.137. The molecule has 4 rings (SSSR count). The quantitative estimate of drug-likeness (QED) is 0.855. The molecule has 0 aromatic carbocycles. The van der Waals surface area contributed by atoms with Crippen LogP contribution >= 0.6 is 22.7 Å². The zero-order valence-electron chi connectivity index (χ0n) is 12.9. The molecular formula is C17H20N2O2S2. The van der Waals surface area contributed by atoms with E-state index in [4.69, 9.17) is 4.74 Å². The van der Waals surface area contributed by atoms with Gasteiger partial charge < -0.3 is 9.64 Å². The highest BCUT2D eigenvalue weighted by Crippen LogP contribution is 2.39. The molecular weight excluding hydrogens is 328 g/mol. The lowest BCUT2D eigenvalue weighted by Gasteiger charge is -2.37. The Balaban J connectivity index is 1.56. The van der Waals surface area contributed by atoms with Crippen molar-refractivity contribution in [3.63, 3.8) is 0 Å². The molecule has 2 aliphatic rings. The highest BCUT2D eigenvalue weighted by molar-refractivity contribution is 7.10. The van der Waals surface area contributed by atoms with Crippen LogP contribution < -0.4 is 0 Å². The van der Waals surface area contributed by atoms with Gasteiger partial charge in [-0.15, -0.1) is 22.7 Å². The van der Waals surface area contributed by atoms with Crippen LogP contribution in [0, 0.1) is 0 Å². The van der Waals surface area contributed by atoms with Crippen LogP contribution in [0.25, 0.3) is 0 Å². The number of morpholine rings is 1. The maximum atomic E-state index is 12.7. The fourth-order valence-electron chi connectivity index (χ4n) is 3.41. The van der Waals surface area contributed by atoms with Gasteiger partial charge in [0.05, 0.1) is 25.8 Å². The van der Waals surface area contributed by atoms with Crippen LogP contribution in [0.5, 0.6) is 0 Å². The summed E-state index contributed by atoms with van der Waals surface area (Å²) in [5.41, 5.74) is 1.39. The summed E-state index contributed by atoms with van der Waals surface area (Å²) in [6, 6.07) is 6.75. The monoisotopic (exact) mass is 348 g/mol. The average molecular weight is 348 g/mol. The summed E-state index contributed by atoms with van der Waals surface area (Å²) >= 11 is 3.62. The number of amides is 1. The first kappa shape index (κ1) is 15.3. The number of hydrogen-bond donors (Lipinski definition) is 0. The third-order valence-corrected chi connectivity index (χ3v) is 6.50. The van der Waals surface area contributed by atoms with Crippen LogP contribution in [0.1, 0.15) is 21.4 Å². The fraction of sp³-hybridized carbons (Fsp3) is 0.471. The van der Waals surface area contributed by atoms with Crippen LogP contribution in [0.4, 0.5) is 0 Å². The number of fused-ring (bicyclic) bond motifs is 1. The van der Waals surface area contributed by atoms with Crippen LogP contribution in [0.15, 0.2) is 29.0 Å². The number of nitrogens with zero attached hydrogens (tertiary/aromatic N) is 2. The van der Waals surface area contributed by atoms with Crippen molar-refractivity contribution in [3.8, 4) is 0 Å². The number of thiophene rings is 2. The molecule has 1 saturated heterocycles. The number of carbonyl (C=O) groups is 1. The molecule has 4 heterocycles. The summed E-state index contributed by atoms with van der Waals surface area (Å²) in [6.45, 7) is 4.22. The Morgan fingerprint density at radius 1 is 1.17 bits per heavy atom. The molecule has 0 bridgehead atoms. The Hall–Kier alpha value is -1.21. The number of hydrogen-bond acceptors (Lipinski definition) is 5. The van der Waals surface area contributed by atoms with Crippen molar-refractivity contribution < 1.29 is 9.53 Å². The summed E-state index contributed by atoms with van der Waals surface area (Å²) in [5.74, 6) is 0.230. The van der Waals surface area contributed by atoms with E-state index < -0.39 is 0 Å². The molecule has 1 amide bonds. The van der Waals surface area contributed by atoms with Gasteiger partial charge in [0.25, 0.3) is 0 Å². The lowest BCUT2D eigenvalue weighted by atomic mass is 9.98. The first-order chi connectivity index (χ1) is 11.3. The Labute approximate surface area is 144 Å². The van der Waals surface area contributed by atoms with Gasteiger partial charge in [0, 0.05) is 29.4 Å². The predicted molar refractivity (Wildman–Crippen MR) is 93.2 cm³/mol. The standard InChI is InChI=1S/C17H20N2O2S2/c20-16(18-6-8-21-9-7-18)12-19-5-3-14-13(4-11-23-14)17(19)15-2-1-10-22-15/h1-2,4,10-11,17H,3,5-9,12H2/t17-/m1/s1. The SMILES string of the molecule is O=C(CN1CCc2sccc2[C@@H]1c1cccs1)N1CCOCC1. The predicted octanol–water partition coefficient (Wildman–Crippen LogP) is 2.62. The summed E-state index contributed by atoms with van der Waals surface area (Å²) in [6.07, 6.45) is 1.05. The molecule has 23 heavy (non-hydrogen) atoms. The second kappa shape index (κ2) is 6.73. The largest absolute Gasteiger partial charge is 0.378 e. The van der Waals surface area contributed by atoms with E-state index in [-0.39, 0.29) is 11.9 Å². The average Bonchev–Trinajstić information content (AvgIpc) is 3.27. The Bertz CT molecular complexity index is 662. The van der Waals surface area contributed by atoms with Gasteiger partial charge in [-0.3, -0.25) is 9.69 Å². The van der Waals surface area contributed by atoms with E-state index in [9.17, 15) is 4.79 Å². The highest BCUT2D eigenvalue weighted by Gasteiger charge is 2.32. The minimum atomic E-state index is 0.230. The molecule has 0 radical (unpaired) electrons. The van der Waals surface area contributed by atoms with Crippen LogP contribution in [-0.2, 0) is 16.0 Å². The first-order valence-electron chi connectivity index (χ1n) is 8.02. The van der Waals surface area contributed by atoms with Crippen molar-refractivity contribution in [2.75, 3.05) is 39.4 Å². The van der Waals surface area contributed by atoms with E-state index in [0.717, 1.165) is 26.1 Å². The van der Waals surface area contributed by atoms with E-state index in [2.05, 4.69) is 33.9 Å². The summed E-state index contributed by atoms with van der Waals surface area (Å²) < 4.78 is 5.35. The van der Waals surface area contributed by atoms with Crippen molar-refractivity contribution in [3.05, 3.63) is 44.3 Å². The van der Waals surface area contributed by atoms with E-state index in [1.807, 2.05) is 16.2 Å². The van der Waals surface area contributed by atoms with Gasteiger partial charge in [-0.25, -0.2) is 0 Å². The molecule has 0 saturated carbocycles. The van der Waals surface area contributed by atoms with Crippen LogP contribution in [0.2, 0.25) is 0 Å². The number of ether oxygens (including phenoxy) is 1. The molecule has 2 aliphatic heterocycles. The molecule has 2 aromatic heterocycles. The smallest absolute Gasteiger partial charge is 0.236 e. The number of carbonyl (C=O) groups excluding carboxylic acids is 1. The molecule has 4 nitrogen and oxygen atoms in total. The first-order valence-corrected chi connectivity index (χ1v) is 9.78. The second-order valence-electron chi connectivity index (χ2n) is 5.93. The van der Waals surface area contributed by atoms with Crippen molar-refractivity contribution in [1.82, 2.24) is 9.80 Å². The minimum absolute atomic E-state index is 0.230. The van der Waals surface area contributed by atoms with E-state index >= 15 is 0 Å². The molecule has 122 valence electrons. The fourth-order valence-corrected chi connectivity index (χ4v) is 5.19. The van der Waals surface area contributed by atoms with Crippen molar-refractivity contribution in [2.24, 2.45) is 0 Å². The Morgan fingerprint density at radius 3 is 2.83 bits per heavy atom. The molecule has 2 aromatic rings. The molecule has 0 N–H and O–H groups in total. The maximum Gasteiger partial charge on any atom is 0.236 e. The van der Waals surface area contributed by atoms with Crippen molar-refractivity contribution in [1.29, 1.82) is 0 Å². The maximum absolute atomic E-state index is 12.7. The van der Waals surface area contributed by atoms with Gasteiger partial charge in [0.15, 0.2) is 0 Å². The molecule has 0 aliphatic carbocycles.